The molecule has 1 N–H and O–H groups in total. The van der Waals surface area contributed by atoms with E-state index in [2.05, 4.69) is 0 Å². The second-order valence-electron chi connectivity index (χ2n) is 3.22. The summed E-state index contributed by atoms with van der Waals surface area (Å²) >= 11 is 10.4. The first kappa shape index (κ1) is 13.5. The van der Waals surface area contributed by atoms with Gasteiger partial charge in [-0.25, -0.2) is 0 Å². The first-order valence-corrected chi connectivity index (χ1v) is 5.17. The maximum atomic E-state index is 12.6. The van der Waals surface area contributed by atoms with Crippen molar-refractivity contribution in [3.8, 4) is 5.75 Å². The number of rotatable bonds is 4. The molecule has 0 aromatic heterocycles. The fourth-order valence-corrected chi connectivity index (χ4v) is 1.50. The van der Waals surface area contributed by atoms with Crippen LogP contribution in [0.2, 0.25) is 5.02 Å². The molecule has 0 spiro atoms. The highest BCUT2D eigenvalue weighted by Crippen LogP contribution is 2.30. The molecule has 1 aromatic rings. The molecule has 0 saturated carbocycles. The molecule has 0 aliphatic heterocycles. The van der Waals surface area contributed by atoms with E-state index in [-0.39, 0.29) is 6.42 Å². The lowest BCUT2D eigenvalue weighted by molar-refractivity contribution is -0.0399. The van der Waals surface area contributed by atoms with Crippen LogP contribution in [0, 0.1) is 0 Å². The van der Waals surface area contributed by atoms with Crippen LogP contribution in [0.5, 0.6) is 5.75 Å². The number of ether oxygens (including phenoxy) is 1. The molecular weight excluding hydrogens is 261 g/mol. The van der Waals surface area contributed by atoms with Crippen molar-refractivity contribution >= 4 is 23.2 Å². The fraction of sp³-hybridized carbons (Fsp3) is 0.400. The van der Waals surface area contributed by atoms with Crippen molar-refractivity contribution in [2.45, 2.75) is 17.9 Å². The lowest BCUT2D eigenvalue weighted by Gasteiger charge is -2.17. The molecule has 0 heterocycles. The van der Waals surface area contributed by atoms with Gasteiger partial charge < -0.3 is 9.84 Å². The second kappa shape index (κ2) is 5.17. The highest BCUT2D eigenvalue weighted by Gasteiger charge is 2.36. The predicted octanol–water partition coefficient (Wildman–Crippen LogP) is 3.08. The predicted molar refractivity (Wildman–Crippen MR) is 58.5 cm³/mol. The third-order valence-corrected chi connectivity index (χ3v) is 2.52. The molecule has 1 unspecified atom stereocenters. The van der Waals surface area contributed by atoms with Crippen LogP contribution in [0.25, 0.3) is 0 Å². The van der Waals surface area contributed by atoms with Crippen molar-refractivity contribution in [3.05, 3.63) is 28.8 Å². The quantitative estimate of drug-likeness (QED) is 0.853. The number of alkyl halides is 3. The molecule has 0 saturated heterocycles. The Labute approximate surface area is 102 Å². The summed E-state index contributed by atoms with van der Waals surface area (Å²) in [5.74, 6) is 0.379. The maximum absolute atomic E-state index is 12.6. The second-order valence-corrected chi connectivity index (χ2v) is 4.16. The molecule has 2 nitrogen and oxygen atoms in total. The van der Waals surface area contributed by atoms with Crippen LogP contribution in [0.1, 0.15) is 5.56 Å². The van der Waals surface area contributed by atoms with Crippen molar-refractivity contribution in [2.24, 2.45) is 0 Å². The van der Waals surface area contributed by atoms with Crippen LogP contribution in [0.3, 0.4) is 0 Å². The molecule has 16 heavy (non-hydrogen) atoms. The van der Waals surface area contributed by atoms with Gasteiger partial charge in [0.15, 0.2) is 0 Å². The van der Waals surface area contributed by atoms with Crippen molar-refractivity contribution in [2.75, 3.05) is 7.11 Å². The molecule has 1 aromatic carbocycles. The van der Waals surface area contributed by atoms with Crippen LogP contribution in [-0.4, -0.2) is 23.7 Å². The Kier molecular flexibility index (Phi) is 4.35. The van der Waals surface area contributed by atoms with E-state index in [4.69, 9.17) is 33.0 Å². The lowest BCUT2D eigenvalue weighted by atomic mass is 10.1. The third-order valence-electron chi connectivity index (χ3n) is 2.03. The van der Waals surface area contributed by atoms with E-state index in [1.807, 2.05) is 0 Å². The molecule has 0 fully saturated rings. The van der Waals surface area contributed by atoms with E-state index in [0.717, 1.165) is 0 Å². The number of methoxy groups -OCH3 is 1. The van der Waals surface area contributed by atoms with Crippen LogP contribution >= 0.6 is 23.2 Å². The molecule has 1 rings (SSSR count). The fourth-order valence-electron chi connectivity index (χ4n) is 1.23. The van der Waals surface area contributed by atoms with Crippen molar-refractivity contribution < 1.29 is 18.6 Å². The number of aliphatic hydroxyl groups is 1. The first-order chi connectivity index (χ1) is 7.34. The van der Waals surface area contributed by atoms with Crippen LogP contribution < -0.4 is 4.74 Å². The Morgan fingerprint density at radius 1 is 1.50 bits per heavy atom. The molecule has 90 valence electrons. The maximum Gasteiger partial charge on any atom is 0.347 e. The molecule has 0 amide bonds. The Bertz CT molecular complexity index is 366. The Morgan fingerprint density at radius 2 is 2.12 bits per heavy atom. The topological polar surface area (TPSA) is 29.5 Å². The first-order valence-electron chi connectivity index (χ1n) is 4.42. The van der Waals surface area contributed by atoms with Gasteiger partial charge in [0, 0.05) is 11.4 Å². The van der Waals surface area contributed by atoms with E-state index in [1.54, 1.807) is 6.07 Å². The summed E-state index contributed by atoms with van der Waals surface area (Å²) in [6, 6.07) is 4.55. The summed E-state index contributed by atoms with van der Waals surface area (Å²) < 4.78 is 30.1. The number of aliphatic hydroxyl groups excluding tert-OH is 1. The third kappa shape index (κ3) is 3.47. The minimum Gasteiger partial charge on any atom is -0.496 e. The molecule has 0 aliphatic carbocycles. The molecule has 0 aliphatic rings. The number of benzene rings is 1. The average Bonchev–Trinajstić information content (AvgIpc) is 2.16. The van der Waals surface area contributed by atoms with Gasteiger partial charge in [0.05, 0.1) is 7.11 Å². The van der Waals surface area contributed by atoms with Crippen molar-refractivity contribution in [1.29, 1.82) is 0 Å². The zero-order valence-electron chi connectivity index (χ0n) is 8.38. The smallest absolute Gasteiger partial charge is 0.347 e. The van der Waals surface area contributed by atoms with Crippen molar-refractivity contribution in [1.82, 2.24) is 0 Å². The summed E-state index contributed by atoms with van der Waals surface area (Å²) in [6.45, 7) is 0. The monoisotopic (exact) mass is 270 g/mol. The van der Waals surface area contributed by atoms with Gasteiger partial charge >= 0.3 is 5.38 Å². The van der Waals surface area contributed by atoms with Gasteiger partial charge in [-0.2, -0.15) is 8.78 Å². The van der Waals surface area contributed by atoms with Gasteiger partial charge in [-0.3, -0.25) is 0 Å². The van der Waals surface area contributed by atoms with E-state index >= 15 is 0 Å². The normalized spacial score (nSPS) is 13.6. The zero-order valence-corrected chi connectivity index (χ0v) is 9.90. The van der Waals surface area contributed by atoms with E-state index in [0.29, 0.717) is 16.3 Å². The summed E-state index contributed by atoms with van der Waals surface area (Å²) in [5, 5.41) is 5.87. The van der Waals surface area contributed by atoms with Crippen molar-refractivity contribution in [3.63, 3.8) is 0 Å². The van der Waals surface area contributed by atoms with Crippen LogP contribution in [-0.2, 0) is 6.42 Å². The number of hydrogen-bond donors (Lipinski definition) is 1. The van der Waals surface area contributed by atoms with Gasteiger partial charge in [-0.1, -0.05) is 11.6 Å². The summed E-state index contributed by atoms with van der Waals surface area (Å²) in [4.78, 5) is 0. The van der Waals surface area contributed by atoms with E-state index in [1.165, 1.54) is 19.2 Å². The van der Waals surface area contributed by atoms with Gasteiger partial charge in [-0.15, -0.1) is 0 Å². The molecule has 6 heteroatoms. The molecular formula is C10H10Cl2F2O2. The number of hydrogen-bond acceptors (Lipinski definition) is 2. The minimum absolute atomic E-state index is 0.333. The standard InChI is InChI=1S/C10H10Cl2F2O2/c1-16-8-3-2-7(11)4-6(8)5-9(15)10(12,13)14/h2-4,9,15H,5H2,1H3. The van der Waals surface area contributed by atoms with Crippen LogP contribution in [0.4, 0.5) is 8.78 Å². The Hall–Kier alpha value is -0.580. The van der Waals surface area contributed by atoms with Gasteiger partial charge in [0.1, 0.15) is 11.9 Å². The highest BCUT2D eigenvalue weighted by molar-refractivity contribution is 6.30. The van der Waals surface area contributed by atoms with Crippen LogP contribution in [0.15, 0.2) is 18.2 Å². The van der Waals surface area contributed by atoms with Gasteiger partial charge in [0.25, 0.3) is 0 Å². The Morgan fingerprint density at radius 3 is 2.62 bits per heavy atom. The van der Waals surface area contributed by atoms with Gasteiger partial charge in [-0.05, 0) is 35.4 Å². The molecule has 0 bridgehead atoms. The summed E-state index contributed by atoms with van der Waals surface area (Å²) in [6.07, 6.45) is -2.32. The zero-order chi connectivity index (χ0) is 12.3. The molecule has 0 radical (unpaired) electrons. The summed E-state index contributed by atoms with van der Waals surface area (Å²) in [7, 11) is 1.40. The SMILES string of the molecule is COc1ccc(Cl)cc1CC(O)C(F)(F)Cl. The average molecular weight is 271 g/mol. The lowest BCUT2D eigenvalue weighted by Crippen LogP contribution is -2.29. The van der Waals surface area contributed by atoms with E-state index < -0.39 is 11.5 Å². The largest absolute Gasteiger partial charge is 0.496 e. The van der Waals surface area contributed by atoms with E-state index in [9.17, 15) is 8.78 Å². The minimum atomic E-state index is -3.67. The van der Waals surface area contributed by atoms with Gasteiger partial charge in [0.2, 0.25) is 0 Å². The molecule has 1 atom stereocenters. The Balaban J connectivity index is 2.91. The highest BCUT2D eigenvalue weighted by atomic mass is 35.5. The number of halogens is 4. The summed E-state index contributed by atoms with van der Waals surface area (Å²) in [5.41, 5.74) is 0.378.